The van der Waals surface area contributed by atoms with Crippen LogP contribution in [0.5, 0.6) is 11.6 Å². The lowest BCUT2D eigenvalue weighted by Gasteiger charge is -2.42. The minimum absolute atomic E-state index is 0.0368. The monoisotopic (exact) mass is 461 g/mol. The summed E-state index contributed by atoms with van der Waals surface area (Å²) in [6.07, 6.45) is 3.06. The summed E-state index contributed by atoms with van der Waals surface area (Å²) in [6.45, 7) is 5.68. The first-order valence-corrected chi connectivity index (χ1v) is 11.1. The number of ether oxygens (including phenoxy) is 2. The number of pyridine rings is 1. The largest absolute Gasteiger partial charge is 0.438 e. The molecular weight excluding hydrogens is 432 g/mol. The van der Waals surface area contributed by atoms with E-state index in [1.165, 1.54) is 24.3 Å². The molecule has 178 valence electrons. The Morgan fingerprint density at radius 3 is 2.39 bits per heavy atom. The summed E-state index contributed by atoms with van der Waals surface area (Å²) in [6, 6.07) is 6.33. The SMILES string of the molecule is CC(C)(C)OC(O)N1[C@@H]2CC[C@H]1CC(NC(=O)c1cc(F)cnc1Oc1ccc(F)cc1)C2. The zero-order chi connectivity index (χ0) is 23.8. The van der Waals surface area contributed by atoms with Gasteiger partial charge >= 0.3 is 0 Å². The van der Waals surface area contributed by atoms with Gasteiger partial charge in [0, 0.05) is 18.1 Å². The Bertz CT molecular complexity index is 982. The molecule has 2 aromatic rings. The van der Waals surface area contributed by atoms with Crippen molar-refractivity contribution in [2.45, 2.75) is 76.6 Å². The number of aliphatic hydroxyl groups excluding tert-OH is 1. The molecule has 1 aromatic heterocycles. The molecule has 0 radical (unpaired) electrons. The lowest BCUT2D eigenvalue weighted by molar-refractivity contribution is -0.256. The van der Waals surface area contributed by atoms with Crippen molar-refractivity contribution in [2.75, 3.05) is 0 Å². The number of nitrogens with zero attached hydrogens (tertiary/aromatic N) is 2. The molecule has 9 heteroatoms. The maximum atomic E-state index is 13.9. The van der Waals surface area contributed by atoms with Crippen LogP contribution in [0.2, 0.25) is 0 Å². The van der Waals surface area contributed by atoms with Crippen LogP contribution in [0.4, 0.5) is 8.78 Å². The van der Waals surface area contributed by atoms with Gasteiger partial charge in [-0.3, -0.25) is 4.79 Å². The van der Waals surface area contributed by atoms with Crippen LogP contribution in [0.25, 0.3) is 0 Å². The number of nitrogens with one attached hydrogen (secondary N) is 1. The van der Waals surface area contributed by atoms with Gasteiger partial charge in [-0.05, 0) is 76.8 Å². The van der Waals surface area contributed by atoms with E-state index in [2.05, 4.69) is 10.3 Å². The fraction of sp³-hybridized carbons (Fsp3) is 0.500. The predicted molar refractivity (Wildman–Crippen MR) is 117 cm³/mol. The number of fused-ring (bicyclic) bond motifs is 2. The number of carbonyl (C=O) groups is 1. The standard InChI is InChI=1S/C24H29F2N3O4/c1-24(2,3)33-23(31)29-17-6-7-18(29)12-16(11-17)28-21(30)20-10-15(26)13-27-22(20)32-19-8-4-14(25)5-9-19/h4-5,8-10,13,16-18,23,31H,6-7,11-12H2,1-3H3,(H,28,30)/t16?,17-,18+,23?. The van der Waals surface area contributed by atoms with Crippen molar-refractivity contribution in [3.63, 3.8) is 0 Å². The molecule has 4 atom stereocenters. The molecule has 0 spiro atoms. The molecule has 2 aliphatic rings. The first-order chi connectivity index (χ1) is 15.6. The van der Waals surface area contributed by atoms with Crippen LogP contribution in [0.15, 0.2) is 36.5 Å². The molecule has 2 bridgehead atoms. The number of aromatic nitrogens is 1. The first-order valence-electron chi connectivity index (χ1n) is 11.1. The number of carbonyl (C=O) groups excluding carboxylic acids is 1. The van der Waals surface area contributed by atoms with E-state index in [1.54, 1.807) is 0 Å². The van der Waals surface area contributed by atoms with Gasteiger partial charge in [-0.15, -0.1) is 0 Å². The van der Waals surface area contributed by atoms with Crippen LogP contribution in [-0.2, 0) is 4.74 Å². The second-order valence-electron chi connectivity index (χ2n) is 9.59. The van der Waals surface area contributed by atoms with Gasteiger partial charge in [-0.25, -0.2) is 18.7 Å². The molecule has 0 aliphatic carbocycles. The molecule has 2 unspecified atom stereocenters. The molecule has 2 fully saturated rings. The van der Waals surface area contributed by atoms with E-state index in [1.807, 2.05) is 25.7 Å². The Hall–Kier alpha value is -2.62. The highest BCUT2D eigenvalue weighted by Gasteiger charge is 2.45. The molecule has 4 rings (SSSR count). The van der Waals surface area contributed by atoms with Gasteiger partial charge in [-0.2, -0.15) is 0 Å². The number of hydrogen-bond donors (Lipinski definition) is 2. The van der Waals surface area contributed by atoms with Crippen molar-refractivity contribution in [3.8, 4) is 11.6 Å². The minimum Gasteiger partial charge on any atom is -0.438 e. The summed E-state index contributed by atoms with van der Waals surface area (Å²) in [5.74, 6) is -1.36. The quantitative estimate of drug-likeness (QED) is 0.634. The highest BCUT2D eigenvalue weighted by atomic mass is 19.1. The van der Waals surface area contributed by atoms with Crippen molar-refractivity contribution in [1.82, 2.24) is 15.2 Å². The maximum Gasteiger partial charge on any atom is 0.257 e. The zero-order valence-electron chi connectivity index (χ0n) is 18.9. The second-order valence-corrected chi connectivity index (χ2v) is 9.59. The van der Waals surface area contributed by atoms with Crippen molar-refractivity contribution >= 4 is 5.91 Å². The number of benzene rings is 1. The van der Waals surface area contributed by atoms with E-state index in [4.69, 9.17) is 9.47 Å². The van der Waals surface area contributed by atoms with E-state index in [0.717, 1.165) is 25.1 Å². The molecule has 3 heterocycles. The molecule has 2 saturated heterocycles. The van der Waals surface area contributed by atoms with Crippen molar-refractivity contribution < 1.29 is 28.2 Å². The van der Waals surface area contributed by atoms with Crippen LogP contribution < -0.4 is 10.1 Å². The van der Waals surface area contributed by atoms with Crippen LogP contribution >= 0.6 is 0 Å². The zero-order valence-corrected chi connectivity index (χ0v) is 18.9. The highest BCUT2D eigenvalue weighted by Crippen LogP contribution is 2.38. The van der Waals surface area contributed by atoms with Crippen molar-refractivity contribution in [1.29, 1.82) is 0 Å². The third-order valence-corrected chi connectivity index (χ3v) is 5.93. The Labute approximate surface area is 191 Å². The van der Waals surface area contributed by atoms with E-state index < -0.39 is 29.6 Å². The van der Waals surface area contributed by atoms with Gasteiger partial charge in [0.25, 0.3) is 5.91 Å². The maximum absolute atomic E-state index is 13.9. The lowest BCUT2D eigenvalue weighted by atomic mass is 9.97. The van der Waals surface area contributed by atoms with Crippen LogP contribution in [0.1, 0.15) is 56.8 Å². The Balaban J connectivity index is 1.44. The molecule has 33 heavy (non-hydrogen) atoms. The number of aliphatic hydroxyl groups is 1. The topological polar surface area (TPSA) is 83.9 Å². The summed E-state index contributed by atoms with van der Waals surface area (Å²) < 4.78 is 38.4. The number of rotatable bonds is 6. The lowest BCUT2D eigenvalue weighted by Crippen LogP contribution is -2.55. The Morgan fingerprint density at radius 2 is 1.79 bits per heavy atom. The van der Waals surface area contributed by atoms with Crippen molar-refractivity contribution in [3.05, 3.63) is 53.7 Å². The first kappa shape index (κ1) is 23.5. The fourth-order valence-corrected chi connectivity index (χ4v) is 4.62. The number of amides is 1. The smallest absolute Gasteiger partial charge is 0.257 e. The van der Waals surface area contributed by atoms with E-state index >= 15 is 0 Å². The number of halogens is 2. The van der Waals surface area contributed by atoms with Gasteiger partial charge < -0.3 is 19.9 Å². The average Bonchev–Trinajstić information content (AvgIpc) is 3.00. The van der Waals surface area contributed by atoms with Crippen molar-refractivity contribution in [2.24, 2.45) is 0 Å². The summed E-state index contributed by atoms with van der Waals surface area (Å²) >= 11 is 0. The Morgan fingerprint density at radius 1 is 1.15 bits per heavy atom. The fourth-order valence-electron chi connectivity index (χ4n) is 4.62. The van der Waals surface area contributed by atoms with Gasteiger partial charge in [-0.1, -0.05) is 0 Å². The third-order valence-electron chi connectivity index (χ3n) is 5.93. The minimum atomic E-state index is -0.998. The molecule has 7 nitrogen and oxygen atoms in total. The molecule has 2 N–H and O–H groups in total. The van der Waals surface area contributed by atoms with Gasteiger partial charge in [0.2, 0.25) is 12.3 Å². The summed E-state index contributed by atoms with van der Waals surface area (Å²) in [7, 11) is 0. The predicted octanol–water partition coefficient (Wildman–Crippen LogP) is 3.97. The number of hydrogen-bond acceptors (Lipinski definition) is 6. The molecule has 1 amide bonds. The average molecular weight is 462 g/mol. The molecular formula is C24H29F2N3O4. The van der Waals surface area contributed by atoms with Crippen LogP contribution in [0, 0.1) is 11.6 Å². The van der Waals surface area contributed by atoms with Gasteiger partial charge in [0.05, 0.1) is 11.8 Å². The third kappa shape index (κ3) is 5.66. The molecule has 0 saturated carbocycles. The van der Waals surface area contributed by atoms with E-state index in [0.29, 0.717) is 12.8 Å². The molecule has 1 aromatic carbocycles. The van der Waals surface area contributed by atoms with E-state index in [9.17, 15) is 18.7 Å². The normalized spacial score (nSPS) is 23.9. The second kappa shape index (κ2) is 9.32. The van der Waals surface area contributed by atoms with Crippen LogP contribution in [-0.4, -0.2) is 51.0 Å². The van der Waals surface area contributed by atoms with Crippen LogP contribution in [0.3, 0.4) is 0 Å². The summed E-state index contributed by atoms with van der Waals surface area (Å²) in [5, 5.41) is 13.6. The summed E-state index contributed by atoms with van der Waals surface area (Å²) in [5.41, 5.74) is -0.514. The van der Waals surface area contributed by atoms with E-state index in [-0.39, 0.29) is 35.3 Å². The number of piperidine rings is 1. The molecule has 2 aliphatic heterocycles. The highest BCUT2D eigenvalue weighted by molar-refractivity contribution is 5.96. The summed E-state index contributed by atoms with van der Waals surface area (Å²) in [4.78, 5) is 18.9. The Kier molecular flexibility index (Phi) is 6.65. The van der Waals surface area contributed by atoms with Gasteiger partial charge in [0.1, 0.15) is 22.9 Å². The van der Waals surface area contributed by atoms with Gasteiger partial charge in [0.15, 0.2) is 0 Å².